The molecular weight excluding hydrogens is 684 g/mol. The lowest BCUT2D eigenvalue weighted by Gasteiger charge is -2.22. The summed E-state index contributed by atoms with van der Waals surface area (Å²) in [7, 11) is 1.60. The monoisotopic (exact) mass is 714 g/mol. The topological polar surface area (TPSA) is 153 Å². The van der Waals surface area contributed by atoms with Gasteiger partial charge in [-0.3, -0.25) is 9.59 Å². The van der Waals surface area contributed by atoms with Gasteiger partial charge in [0.1, 0.15) is 23.7 Å². The lowest BCUT2D eigenvalue weighted by Crippen LogP contribution is -2.39. The lowest BCUT2D eigenvalue weighted by molar-refractivity contribution is -0.192. The first kappa shape index (κ1) is 37.4. The molecule has 2 heterocycles. The minimum absolute atomic E-state index is 0.225. The molecule has 0 fully saturated rings. The van der Waals surface area contributed by atoms with Crippen molar-refractivity contribution in [3.63, 3.8) is 0 Å². The highest BCUT2D eigenvalue weighted by Crippen LogP contribution is 2.29. The summed E-state index contributed by atoms with van der Waals surface area (Å²) in [6, 6.07) is 16.6. The second-order valence-corrected chi connectivity index (χ2v) is 11.4. The molecule has 11 nitrogen and oxygen atoms in total. The smallest absolute Gasteiger partial charge is 0.475 e. The molecule has 0 aliphatic carbocycles. The van der Waals surface area contributed by atoms with Gasteiger partial charge in [-0.15, -0.1) is 0 Å². The molecule has 2 aromatic heterocycles. The molecule has 0 aliphatic heterocycles. The van der Waals surface area contributed by atoms with Gasteiger partial charge in [-0.05, 0) is 42.0 Å². The van der Waals surface area contributed by atoms with Crippen molar-refractivity contribution in [2.45, 2.75) is 30.8 Å². The van der Waals surface area contributed by atoms with E-state index < -0.39 is 18.1 Å². The third-order valence-electron chi connectivity index (χ3n) is 6.45. The van der Waals surface area contributed by atoms with E-state index in [1.807, 2.05) is 47.2 Å². The Morgan fingerprint density at radius 3 is 2.36 bits per heavy atom. The number of nitrogens with zero attached hydrogens (tertiary/aromatic N) is 4. The van der Waals surface area contributed by atoms with Crippen LogP contribution in [-0.2, 0) is 33.8 Å². The molecule has 17 heteroatoms. The number of thioether (sulfide) groups is 1. The maximum absolute atomic E-state index is 13.9. The quantitative estimate of drug-likeness (QED) is 0.120. The van der Waals surface area contributed by atoms with Crippen molar-refractivity contribution in [1.29, 1.82) is 0 Å². The van der Waals surface area contributed by atoms with E-state index in [9.17, 15) is 22.8 Å². The summed E-state index contributed by atoms with van der Waals surface area (Å²) in [5.74, 6) is -3.11. The number of alkyl halides is 3. The number of aromatic nitrogens is 3. The molecule has 0 saturated heterocycles. The van der Waals surface area contributed by atoms with Gasteiger partial charge in [-0.25, -0.2) is 14.8 Å². The normalized spacial score (nSPS) is 11.1. The number of aliphatic carboxylic acids is 1. The first-order valence-corrected chi connectivity index (χ1v) is 15.8. The van der Waals surface area contributed by atoms with E-state index in [2.05, 4.69) is 10.3 Å². The standard InChI is InChI=1S/C28H30Cl2N6O3S.C2HF3O2/c1-39-13-12-36-23(27(38)35(17-24(31)37)16-18-6-4-3-5-7-18)15-21-25(33-28(40-2)34-26(21)36)32-11-10-19-8-9-20(29)14-22(19)30;3-2(4,5)1(6)7/h3-9,14-15H,10-13,16-17H2,1-2H3,(H2,31,37)(H,32,33,34);(H,6,7). The number of carboxylic acids is 1. The fraction of sp³-hybridized carbons (Fsp3) is 0.300. The number of fused-ring (bicyclic) bond motifs is 1. The van der Waals surface area contributed by atoms with Gasteiger partial charge >= 0.3 is 12.1 Å². The minimum atomic E-state index is -5.08. The van der Waals surface area contributed by atoms with Crippen LogP contribution >= 0.6 is 35.0 Å². The number of anilines is 1. The molecular formula is C30H31Cl2F3N6O5S. The predicted molar refractivity (Wildman–Crippen MR) is 174 cm³/mol. The van der Waals surface area contributed by atoms with Crippen LogP contribution in [0.2, 0.25) is 10.0 Å². The first-order valence-electron chi connectivity index (χ1n) is 13.8. The van der Waals surface area contributed by atoms with Gasteiger partial charge in [-0.2, -0.15) is 13.2 Å². The summed E-state index contributed by atoms with van der Waals surface area (Å²) in [5.41, 5.74) is 8.31. The van der Waals surface area contributed by atoms with E-state index >= 15 is 0 Å². The SMILES string of the molecule is COCCn1c(C(=O)N(CC(N)=O)Cc2ccccc2)cc2c(NCCc3ccc(Cl)cc3Cl)nc(SC)nc21.O=C(O)C(F)(F)F. The molecule has 0 saturated carbocycles. The number of nitrogens with two attached hydrogens (primary N) is 1. The van der Waals surface area contributed by atoms with Crippen LogP contribution in [0.1, 0.15) is 21.6 Å². The van der Waals surface area contributed by atoms with Gasteiger partial charge in [0, 0.05) is 36.8 Å². The number of nitrogens with one attached hydrogen (secondary N) is 1. The number of primary amides is 1. The molecule has 4 N–H and O–H groups in total. The molecule has 0 bridgehead atoms. The number of amides is 2. The van der Waals surface area contributed by atoms with Crippen LogP contribution in [0.4, 0.5) is 19.0 Å². The molecule has 0 unspecified atom stereocenters. The number of rotatable bonds is 13. The zero-order valence-electron chi connectivity index (χ0n) is 25.2. The fourth-order valence-electron chi connectivity index (χ4n) is 4.31. The molecule has 2 aromatic carbocycles. The molecule has 0 radical (unpaired) electrons. The Bertz CT molecular complexity index is 1710. The number of methoxy groups -OCH3 is 1. The van der Waals surface area contributed by atoms with Gasteiger partial charge in [0.25, 0.3) is 5.91 Å². The number of benzene rings is 2. The summed E-state index contributed by atoms with van der Waals surface area (Å²) in [5, 5.41) is 12.9. The number of carboxylic acid groups (broad SMARTS) is 1. The van der Waals surface area contributed by atoms with Gasteiger partial charge in [-0.1, -0.05) is 71.4 Å². The third-order valence-corrected chi connectivity index (χ3v) is 7.58. The van der Waals surface area contributed by atoms with Gasteiger partial charge in [0.15, 0.2) is 5.16 Å². The van der Waals surface area contributed by atoms with Crippen LogP contribution in [0.25, 0.3) is 11.0 Å². The van der Waals surface area contributed by atoms with Crippen LogP contribution in [0.15, 0.2) is 59.8 Å². The molecule has 0 spiro atoms. The molecule has 2 amide bonds. The summed E-state index contributed by atoms with van der Waals surface area (Å²) in [6.07, 6.45) is -2.56. The highest BCUT2D eigenvalue weighted by molar-refractivity contribution is 7.98. The van der Waals surface area contributed by atoms with E-state index in [0.29, 0.717) is 63.9 Å². The van der Waals surface area contributed by atoms with Crippen LogP contribution in [0.3, 0.4) is 0 Å². The van der Waals surface area contributed by atoms with Crippen molar-refractivity contribution in [2.75, 3.05) is 38.4 Å². The van der Waals surface area contributed by atoms with Crippen LogP contribution in [0, 0.1) is 0 Å². The zero-order valence-corrected chi connectivity index (χ0v) is 27.5. The largest absolute Gasteiger partial charge is 0.490 e. The van der Waals surface area contributed by atoms with Crippen molar-refractivity contribution in [2.24, 2.45) is 5.73 Å². The van der Waals surface area contributed by atoms with Crippen molar-refractivity contribution in [3.8, 4) is 0 Å². The van der Waals surface area contributed by atoms with E-state index in [0.717, 1.165) is 11.1 Å². The summed E-state index contributed by atoms with van der Waals surface area (Å²) in [6.45, 7) is 1.27. The highest BCUT2D eigenvalue weighted by Gasteiger charge is 2.38. The Kier molecular flexibility index (Phi) is 13.7. The maximum Gasteiger partial charge on any atom is 0.490 e. The number of carbonyl (C=O) groups excluding carboxylic acids is 2. The summed E-state index contributed by atoms with van der Waals surface area (Å²) < 4.78 is 38.9. The Morgan fingerprint density at radius 2 is 1.79 bits per heavy atom. The van der Waals surface area contributed by atoms with Crippen LogP contribution in [0.5, 0.6) is 0 Å². The minimum Gasteiger partial charge on any atom is -0.475 e. The Hall–Kier alpha value is -4.05. The average molecular weight is 716 g/mol. The maximum atomic E-state index is 13.9. The fourth-order valence-corrected chi connectivity index (χ4v) is 5.17. The second kappa shape index (κ2) is 17.2. The van der Waals surface area contributed by atoms with Gasteiger partial charge in [0.2, 0.25) is 5.91 Å². The Labute approximate surface area is 282 Å². The molecule has 252 valence electrons. The summed E-state index contributed by atoms with van der Waals surface area (Å²) >= 11 is 13.8. The highest BCUT2D eigenvalue weighted by atomic mass is 35.5. The van der Waals surface area contributed by atoms with Crippen LogP contribution in [-0.4, -0.2) is 81.6 Å². The number of halogens is 5. The van der Waals surface area contributed by atoms with Crippen molar-refractivity contribution < 1.29 is 37.4 Å². The van der Waals surface area contributed by atoms with Crippen LogP contribution < -0.4 is 11.1 Å². The third kappa shape index (κ3) is 10.7. The van der Waals surface area contributed by atoms with E-state index in [4.69, 9.17) is 48.6 Å². The molecule has 0 aliphatic rings. The predicted octanol–water partition coefficient (Wildman–Crippen LogP) is 5.52. The zero-order chi connectivity index (χ0) is 34.7. The lowest BCUT2D eigenvalue weighted by atomic mass is 10.1. The van der Waals surface area contributed by atoms with E-state index in [-0.39, 0.29) is 19.0 Å². The number of hydrogen-bond acceptors (Lipinski definition) is 8. The van der Waals surface area contributed by atoms with E-state index in [1.54, 1.807) is 25.3 Å². The molecule has 47 heavy (non-hydrogen) atoms. The van der Waals surface area contributed by atoms with Crippen molar-refractivity contribution in [3.05, 3.63) is 81.5 Å². The van der Waals surface area contributed by atoms with Crippen molar-refractivity contribution in [1.82, 2.24) is 19.4 Å². The van der Waals surface area contributed by atoms with E-state index in [1.165, 1.54) is 16.7 Å². The number of carbonyl (C=O) groups is 3. The molecule has 4 aromatic rings. The second-order valence-electron chi connectivity index (χ2n) is 9.80. The average Bonchev–Trinajstić information content (AvgIpc) is 3.38. The summed E-state index contributed by atoms with van der Waals surface area (Å²) in [4.78, 5) is 45.6. The van der Waals surface area contributed by atoms with Gasteiger partial charge in [0.05, 0.1) is 12.0 Å². The number of hydrogen-bond donors (Lipinski definition) is 3. The number of ether oxygens (including phenoxy) is 1. The Balaban J connectivity index is 0.000000771. The van der Waals surface area contributed by atoms with Crippen molar-refractivity contribution >= 4 is 69.6 Å². The first-order chi connectivity index (χ1) is 22.2. The Morgan fingerprint density at radius 1 is 1.11 bits per heavy atom. The van der Waals surface area contributed by atoms with Gasteiger partial charge < -0.3 is 30.4 Å². The molecule has 4 rings (SSSR count). The molecule has 0 atom stereocenters.